The van der Waals surface area contributed by atoms with Crippen molar-refractivity contribution in [1.29, 1.82) is 0 Å². The first-order chi connectivity index (χ1) is 6.70. The molecule has 1 aliphatic carbocycles. The number of ether oxygens (including phenoxy) is 1. The normalized spacial score (nSPS) is 15.6. The lowest BCUT2D eigenvalue weighted by atomic mass is 10.1. The number of hydrogen-bond donors (Lipinski definition) is 0. The number of aryl methyl sites for hydroxylation is 1. The van der Waals surface area contributed by atoms with Crippen LogP contribution >= 0.6 is 15.9 Å². The number of rotatable bonds is 3. The number of halogens is 1. The molecule has 0 bridgehead atoms. The fourth-order valence-electron chi connectivity index (χ4n) is 1.83. The molecule has 14 heavy (non-hydrogen) atoms. The average Bonchev–Trinajstić information content (AvgIpc) is 2.87. The van der Waals surface area contributed by atoms with E-state index in [4.69, 9.17) is 4.74 Å². The molecule has 1 saturated carbocycles. The summed E-state index contributed by atoms with van der Waals surface area (Å²) in [5.41, 5.74) is 2.65. The summed E-state index contributed by atoms with van der Waals surface area (Å²) >= 11 is 3.54. The molecular weight excluding hydrogens is 240 g/mol. The highest BCUT2D eigenvalue weighted by molar-refractivity contribution is 9.10. The summed E-state index contributed by atoms with van der Waals surface area (Å²) in [6.45, 7) is 2.10. The van der Waals surface area contributed by atoms with Gasteiger partial charge in [-0.2, -0.15) is 0 Å². The van der Waals surface area contributed by atoms with Crippen molar-refractivity contribution in [3.63, 3.8) is 0 Å². The monoisotopic (exact) mass is 254 g/mol. The van der Waals surface area contributed by atoms with Crippen LogP contribution in [0.3, 0.4) is 0 Å². The van der Waals surface area contributed by atoms with Crippen LogP contribution in [-0.4, -0.2) is 7.11 Å². The molecule has 1 fully saturated rings. The lowest BCUT2D eigenvalue weighted by molar-refractivity contribution is 0.409. The van der Waals surface area contributed by atoms with Gasteiger partial charge in [0.05, 0.1) is 11.6 Å². The van der Waals surface area contributed by atoms with Crippen LogP contribution in [0, 0.1) is 12.8 Å². The average molecular weight is 255 g/mol. The topological polar surface area (TPSA) is 9.23 Å². The highest BCUT2D eigenvalue weighted by Crippen LogP contribution is 2.36. The molecule has 1 aliphatic rings. The van der Waals surface area contributed by atoms with Gasteiger partial charge in [-0.1, -0.05) is 6.07 Å². The van der Waals surface area contributed by atoms with Crippen LogP contribution in [0.5, 0.6) is 5.75 Å². The molecule has 1 aromatic carbocycles. The zero-order valence-corrected chi connectivity index (χ0v) is 10.2. The summed E-state index contributed by atoms with van der Waals surface area (Å²) in [4.78, 5) is 0. The fourth-order valence-corrected chi connectivity index (χ4v) is 2.60. The van der Waals surface area contributed by atoms with Gasteiger partial charge < -0.3 is 4.74 Å². The van der Waals surface area contributed by atoms with Crippen LogP contribution in [0.2, 0.25) is 0 Å². The number of hydrogen-bond acceptors (Lipinski definition) is 1. The second-order valence-corrected chi connectivity index (χ2v) is 4.93. The van der Waals surface area contributed by atoms with Crippen LogP contribution < -0.4 is 4.74 Å². The molecule has 1 nitrogen and oxygen atoms in total. The summed E-state index contributed by atoms with van der Waals surface area (Å²) in [5.74, 6) is 1.90. The third-order valence-electron chi connectivity index (χ3n) is 2.71. The van der Waals surface area contributed by atoms with E-state index >= 15 is 0 Å². The van der Waals surface area contributed by atoms with Gasteiger partial charge in [-0.25, -0.2) is 0 Å². The van der Waals surface area contributed by atoms with E-state index in [0.29, 0.717) is 0 Å². The van der Waals surface area contributed by atoms with Gasteiger partial charge in [0.2, 0.25) is 0 Å². The van der Waals surface area contributed by atoms with Crippen molar-refractivity contribution in [2.75, 3.05) is 7.11 Å². The summed E-state index contributed by atoms with van der Waals surface area (Å²) in [7, 11) is 1.72. The molecule has 0 heterocycles. The van der Waals surface area contributed by atoms with E-state index in [1.54, 1.807) is 7.11 Å². The van der Waals surface area contributed by atoms with Crippen molar-refractivity contribution in [3.05, 3.63) is 27.7 Å². The molecule has 0 radical (unpaired) electrons. The highest BCUT2D eigenvalue weighted by Gasteiger charge is 2.22. The van der Waals surface area contributed by atoms with Gasteiger partial charge in [-0.15, -0.1) is 0 Å². The van der Waals surface area contributed by atoms with Crippen LogP contribution in [-0.2, 0) is 6.42 Å². The third kappa shape index (κ3) is 2.11. The lowest BCUT2D eigenvalue weighted by Gasteiger charge is -2.09. The SMILES string of the molecule is COc1c(C)cc(CC2CC2)cc1Br. The summed E-state index contributed by atoms with van der Waals surface area (Å²) < 4.78 is 6.38. The zero-order valence-electron chi connectivity index (χ0n) is 8.64. The predicted octanol–water partition coefficient (Wildman–Crippen LogP) is 3.72. The molecule has 0 aromatic heterocycles. The lowest BCUT2D eigenvalue weighted by Crippen LogP contribution is -1.93. The second kappa shape index (κ2) is 3.93. The Morgan fingerprint density at radius 1 is 1.43 bits per heavy atom. The van der Waals surface area contributed by atoms with Crippen molar-refractivity contribution in [2.45, 2.75) is 26.2 Å². The van der Waals surface area contributed by atoms with E-state index < -0.39 is 0 Å². The second-order valence-electron chi connectivity index (χ2n) is 4.08. The van der Waals surface area contributed by atoms with Crippen LogP contribution in [0.4, 0.5) is 0 Å². The minimum Gasteiger partial charge on any atom is -0.495 e. The Hall–Kier alpha value is -0.500. The van der Waals surface area contributed by atoms with Crippen LogP contribution in [0.25, 0.3) is 0 Å². The molecule has 0 spiro atoms. The predicted molar refractivity (Wildman–Crippen MR) is 61.9 cm³/mol. The molecule has 0 aliphatic heterocycles. The van der Waals surface area contributed by atoms with E-state index in [2.05, 4.69) is 35.0 Å². The first kappa shape index (κ1) is 10.0. The van der Waals surface area contributed by atoms with Gasteiger partial charge in [0.25, 0.3) is 0 Å². The maximum Gasteiger partial charge on any atom is 0.135 e. The molecule has 0 atom stereocenters. The van der Waals surface area contributed by atoms with Crippen molar-refractivity contribution in [1.82, 2.24) is 0 Å². The highest BCUT2D eigenvalue weighted by atomic mass is 79.9. The van der Waals surface area contributed by atoms with Gasteiger partial charge in [0, 0.05) is 0 Å². The standard InChI is InChI=1S/C12H15BrO/c1-8-5-10(6-9-3-4-9)7-11(13)12(8)14-2/h5,7,9H,3-4,6H2,1-2H3. The fraction of sp³-hybridized carbons (Fsp3) is 0.500. The quantitative estimate of drug-likeness (QED) is 0.799. The maximum absolute atomic E-state index is 5.30. The third-order valence-corrected chi connectivity index (χ3v) is 3.30. The van der Waals surface area contributed by atoms with E-state index in [1.807, 2.05) is 0 Å². The van der Waals surface area contributed by atoms with Gasteiger partial charge >= 0.3 is 0 Å². The van der Waals surface area contributed by atoms with Gasteiger partial charge in [0.1, 0.15) is 5.75 Å². The van der Waals surface area contributed by atoms with Crippen LogP contribution in [0.1, 0.15) is 24.0 Å². The Bertz CT molecular complexity index is 319. The van der Waals surface area contributed by atoms with Crippen molar-refractivity contribution in [2.24, 2.45) is 5.92 Å². The Kier molecular flexibility index (Phi) is 2.82. The van der Waals surface area contributed by atoms with E-state index in [-0.39, 0.29) is 0 Å². The molecular formula is C12H15BrO. The minimum absolute atomic E-state index is 0.940. The van der Waals surface area contributed by atoms with Gasteiger partial charge in [-0.3, -0.25) is 0 Å². The Labute approximate surface area is 93.6 Å². The van der Waals surface area contributed by atoms with E-state index in [9.17, 15) is 0 Å². The van der Waals surface area contributed by atoms with Gasteiger partial charge in [-0.05, 0) is 65.2 Å². The smallest absolute Gasteiger partial charge is 0.135 e. The molecule has 2 heteroatoms. The summed E-state index contributed by atoms with van der Waals surface area (Å²) in [5, 5.41) is 0. The molecule has 0 N–H and O–H groups in total. The Morgan fingerprint density at radius 2 is 2.14 bits per heavy atom. The van der Waals surface area contributed by atoms with Crippen molar-refractivity contribution < 1.29 is 4.74 Å². The van der Waals surface area contributed by atoms with Gasteiger partial charge in [0.15, 0.2) is 0 Å². The Balaban J connectivity index is 2.25. The molecule has 2 rings (SSSR count). The first-order valence-electron chi connectivity index (χ1n) is 5.03. The van der Waals surface area contributed by atoms with E-state index in [0.717, 1.165) is 16.1 Å². The van der Waals surface area contributed by atoms with Crippen LogP contribution in [0.15, 0.2) is 16.6 Å². The molecule has 1 aromatic rings. The largest absolute Gasteiger partial charge is 0.495 e. The van der Waals surface area contributed by atoms with Crippen molar-refractivity contribution in [3.8, 4) is 5.75 Å². The zero-order chi connectivity index (χ0) is 10.1. The Morgan fingerprint density at radius 3 is 2.64 bits per heavy atom. The minimum atomic E-state index is 0.940. The summed E-state index contributed by atoms with van der Waals surface area (Å²) in [6.07, 6.45) is 4.04. The maximum atomic E-state index is 5.30. The van der Waals surface area contributed by atoms with Crippen molar-refractivity contribution >= 4 is 15.9 Å². The first-order valence-corrected chi connectivity index (χ1v) is 5.83. The molecule has 0 saturated heterocycles. The molecule has 76 valence electrons. The molecule has 0 amide bonds. The van der Waals surface area contributed by atoms with E-state index in [1.165, 1.54) is 30.4 Å². The summed E-state index contributed by atoms with van der Waals surface area (Å²) in [6, 6.07) is 4.42. The molecule has 0 unspecified atom stereocenters. The number of methoxy groups -OCH3 is 1. The number of benzene rings is 1.